The second-order valence-corrected chi connectivity index (χ2v) is 6.10. The number of carbonyl (C=O) groups is 2. The van der Waals surface area contributed by atoms with Crippen LogP contribution in [0.1, 0.15) is 20.7 Å². The Kier molecular flexibility index (Phi) is 5.70. The van der Waals surface area contributed by atoms with Crippen molar-refractivity contribution in [2.45, 2.75) is 0 Å². The van der Waals surface area contributed by atoms with E-state index in [1.807, 2.05) is 0 Å². The van der Waals surface area contributed by atoms with E-state index in [-0.39, 0.29) is 11.5 Å². The number of pyridine rings is 1. The standard InChI is InChI=1S/C18H18ClN3O4/c1-25-16-3-2-14(19)9-15(16)21-17(23)12-8-13(11-20-10-12)18(24)22-4-6-26-7-5-22/h2-3,8-11H,4-7H2,1H3,(H,21,23). The summed E-state index contributed by atoms with van der Waals surface area (Å²) in [4.78, 5) is 30.8. The predicted octanol–water partition coefficient (Wildman–Crippen LogP) is 2.47. The Balaban J connectivity index is 1.78. The van der Waals surface area contributed by atoms with Crippen molar-refractivity contribution in [3.05, 3.63) is 52.8 Å². The van der Waals surface area contributed by atoms with E-state index in [1.165, 1.54) is 25.6 Å². The first-order valence-electron chi connectivity index (χ1n) is 8.05. The Morgan fingerprint density at radius 1 is 1.19 bits per heavy atom. The maximum atomic E-state index is 12.5. The van der Waals surface area contributed by atoms with Gasteiger partial charge in [0.15, 0.2) is 0 Å². The number of aromatic nitrogens is 1. The van der Waals surface area contributed by atoms with Crippen LogP contribution in [0.4, 0.5) is 5.69 Å². The van der Waals surface area contributed by atoms with Crippen molar-refractivity contribution >= 4 is 29.1 Å². The maximum Gasteiger partial charge on any atom is 0.257 e. The SMILES string of the molecule is COc1ccc(Cl)cc1NC(=O)c1cncc(C(=O)N2CCOCC2)c1. The zero-order chi connectivity index (χ0) is 18.5. The summed E-state index contributed by atoms with van der Waals surface area (Å²) < 4.78 is 10.5. The maximum absolute atomic E-state index is 12.5. The minimum Gasteiger partial charge on any atom is -0.495 e. The fourth-order valence-electron chi connectivity index (χ4n) is 2.60. The van der Waals surface area contributed by atoms with Crippen molar-refractivity contribution in [2.75, 3.05) is 38.7 Å². The number of rotatable bonds is 4. The highest BCUT2D eigenvalue weighted by Gasteiger charge is 2.20. The molecule has 26 heavy (non-hydrogen) atoms. The molecular formula is C18H18ClN3O4. The number of anilines is 1. The Morgan fingerprint density at radius 3 is 2.65 bits per heavy atom. The van der Waals surface area contributed by atoms with E-state index in [0.29, 0.717) is 48.3 Å². The summed E-state index contributed by atoms with van der Waals surface area (Å²) >= 11 is 5.98. The highest BCUT2D eigenvalue weighted by atomic mass is 35.5. The van der Waals surface area contributed by atoms with Crippen molar-refractivity contribution < 1.29 is 19.1 Å². The van der Waals surface area contributed by atoms with Crippen LogP contribution in [0, 0.1) is 0 Å². The lowest BCUT2D eigenvalue weighted by atomic mass is 10.1. The molecule has 1 aliphatic rings. The average Bonchev–Trinajstić information content (AvgIpc) is 2.68. The number of ether oxygens (including phenoxy) is 2. The molecular weight excluding hydrogens is 358 g/mol. The topological polar surface area (TPSA) is 80.8 Å². The van der Waals surface area contributed by atoms with Gasteiger partial charge in [-0.25, -0.2) is 0 Å². The Morgan fingerprint density at radius 2 is 1.92 bits per heavy atom. The fraction of sp³-hybridized carbons (Fsp3) is 0.278. The zero-order valence-corrected chi connectivity index (χ0v) is 15.0. The van der Waals surface area contributed by atoms with Crippen molar-refractivity contribution in [3.8, 4) is 5.75 Å². The van der Waals surface area contributed by atoms with Crippen LogP contribution in [0.5, 0.6) is 5.75 Å². The van der Waals surface area contributed by atoms with Crippen LogP contribution in [0.15, 0.2) is 36.7 Å². The summed E-state index contributed by atoms with van der Waals surface area (Å²) in [5, 5.41) is 3.20. The van der Waals surface area contributed by atoms with Crippen molar-refractivity contribution in [1.82, 2.24) is 9.88 Å². The normalized spacial score (nSPS) is 14.0. The molecule has 3 rings (SSSR count). The molecule has 0 radical (unpaired) electrons. The second-order valence-electron chi connectivity index (χ2n) is 5.67. The van der Waals surface area contributed by atoms with Crippen LogP contribution in [0.2, 0.25) is 5.02 Å². The summed E-state index contributed by atoms with van der Waals surface area (Å²) in [5.41, 5.74) is 1.07. The first-order valence-corrected chi connectivity index (χ1v) is 8.43. The summed E-state index contributed by atoms with van der Waals surface area (Å²) in [7, 11) is 1.50. The van der Waals surface area contributed by atoms with Crippen LogP contribution in [-0.4, -0.2) is 55.1 Å². The molecule has 8 heteroatoms. The molecule has 1 saturated heterocycles. The molecule has 0 saturated carbocycles. The molecule has 0 aliphatic carbocycles. The molecule has 1 aromatic carbocycles. The summed E-state index contributed by atoms with van der Waals surface area (Å²) in [5.74, 6) is -0.0956. The van der Waals surface area contributed by atoms with Gasteiger partial charge < -0.3 is 19.7 Å². The van der Waals surface area contributed by atoms with E-state index >= 15 is 0 Å². The fourth-order valence-corrected chi connectivity index (χ4v) is 2.77. The van der Waals surface area contributed by atoms with Gasteiger partial charge in [-0.3, -0.25) is 14.6 Å². The quantitative estimate of drug-likeness (QED) is 0.887. The number of halogens is 1. The average molecular weight is 376 g/mol. The monoisotopic (exact) mass is 375 g/mol. The smallest absolute Gasteiger partial charge is 0.257 e. The predicted molar refractivity (Wildman–Crippen MR) is 96.9 cm³/mol. The molecule has 2 heterocycles. The van der Waals surface area contributed by atoms with E-state index < -0.39 is 5.91 Å². The van der Waals surface area contributed by atoms with Crippen LogP contribution >= 0.6 is 11.6 Å². The van der Waals surface area contributed by atoms with E-state index in [1.54, 1.807) is 23.1 Å². The lowest BCUT2D eigenvalue weighted by Crippen LogP contribution is -2.40. The summed E-state index contributed by atoms with van der Waals surface area (Å²) in [6, 6.07) is 6.44. The van der Waals surface area contributed by atoms with Gasteiger partial charge in [-0.1, -0.05) is 11.6 Å². The van der Waals surface area contributed by atoms with Gasteiger partial charge in [0.25, 0.3) is 11.8 Å². The summed E-state index contributed by atoms with van der Waals surface area (Å²) in [6.45, 7) is 2.06. The molecule has 2 amide bonds. The van der Waals surface area contributed by atoms with Crippen molar-refractivity contribution in [2.24, 2.45) is 0 Å². The third kappa shape index (κ3) is 4.12. The van der Waals surface area contributed by atoms with Gasteiger partial charge in [0.05, 0.1) is 37.1 Å². The lowest BCUT2D eigenvalue weighted by molar-refractivity contribution is 0.0302. The van der Waals surface area contributed by atoms with Gasteiger partial charge in [0.1, 0.15) is 5.75 Å². The van der Waals surface area contributed by atoms with E-state index in [0.717, 1.165) is 0 Å². The Labute approximate surface area is 155 Å². The molecule has 0 unspecified atom stereocenters. The molecule has 136 valence electrons. The third-order valence-electron chi connectivity index (χ3n) is 3.96. The number of amides is 2. The van der Waals surface area contributed by atoms with E-state index in [9.17, 15) is 9.59 Å². The molecule has 0 atom stereocenters. The number of nitrogens with one attached hydrogen (secondary N) is 1. The van der Waals surface area contributed by atoms with Gasteiger partial charge in [-0.05, 0) is 24.3 Å². The van der Waals surface area contributed by atoms with Gasteiger partial charge in [0.2, 0.25) is 0 Å². The highest BCUT2D eigenvalue weighted by molar-refractivity contribution is 6.31. The van der Waals surface area contributed by atoms with Crippen LogP contribution in [0.25, 0.3) is 0 Å². The number of nitrogens with zero attached hydrogens (tertiary/aromatic N) is 2. The molecule has 1 aromatic heterocycles. The van der Waals surface area contributed by atoms with Gasteiger partial charge >= 0.3 is 0 Å². The first-order chi connectivity index (χ1) is 12.6. The Hall–Kier alpha value is -2.64. The second kappa shape index (κ2) is 8.16. The van der Waals surface area contributed by atoms with Gasteiger partial charge in [0, 0.05) is 30.5 Å². The minimum atomic E-state index is -0.408. The molecule has 1 fully saturated rings. The third-order valence-corrected chi connectivity index (χ3v) is 4.19. The highest BCUT2D eigenvalue weighted by Crippen LogP contribution is 2.28. The molecule has 0 bridgehead atoms. The van der Waals surface area contributed by atoms with E-state index in [2.05, 4.69) is 10.3 Å². The molecule has 7 nitrogen and oxygen atoms in total. The van der Waals surface area contributed by atoms with Crippen LogP contribution in [-0.2, 0) is 4.74 Å². The first kappa shape index (κ1) is 18.2. The van der Waals surface area contributed by atoms with Crippen LogP contribution in [0.3, 0.4) is 0 Å². The number of hydrogen-bond donors (Lipinski definition) is 1. The van der Waals surface area contributed by atoms with Crippen molar-refractivity contribution in [1.29, 1.82) is 0 Å². The number of morpholine rings is 1. The van der Waals surface area contributed by atoms with Gasteiger partial charge in [-0.15, -0.1) is 0 Å². The minimum absolute atomic E-state index is 0.171. The zero-order valence-electron chi connectivity index (χ0n) is 14.2. The number of carbonyl (C=O) groups excluding carboxylic acids is 2. The number of methoxy groups -OCH3 is 1. The summed E-state index contributed by atoms with van der Waals surface area (Å²) in [6.07, 6.45) is 2.86. The van der Waals surface area contributed by atoms with Gasteiger partial charge in [-0.2, -0.15) is 0 Å². The Bertz CT molecular complexity index is 822. The van der Waals surface area contributed by atoms with Crippen molar-refractivity contribution in [3.63, 3.8) is 0 Å². The van der Waals surface area contributed by atoms with Crippen LogP contribution < -0.4 is 10.1 Å². The number of benzene rings is 1. The lowest BCUT2D eigenvalue weighted by Gasteiger charge is -2.26. The molecule has 2 aromatic rings. The van der Waals surface area contributed by atoms with E-state index in [4.69, 9.17) is 21.1 Å². The molecule has 0 spiro atoms. The molecule has 1 aliphatic heterocycles. The largest absolute Gasteiger partial charge is 0.495 e. The molecule has 1 N–H and O–H groups in total. The number of hydrogen-bond acceptors (Lipinski definition) is 5.